The van der Waals surface area contributed by atoms with Crippen LogP contribution in [0.15, 0.2) is 18.2 Å². The van der Waals surface area contributed by atoms with Gasteiger partial charge in [-0.25, -0.2) is 4.39 Å². The summed E-state index contributed by atoms with van der Waals surface area (Å²) < 4.78 is 18.8. The molecule has 0 amide bonds. The first-order valence-electron chi connectivity index (χ1n) is 5.97. The van der Waals surface area contributed by atoms with Crippen LogP contribution >= 0.6 is 0 Å². The van der Waals surface area contributed by atoms with Crippen molar-refractivity contribution in [3.63, 3.8) is 0 Å². The summed E-state index contributed by atoms with van der Waals surface area (Å²) in [4.78, 5) is 0. The van der Waals surface area contributed by atoms with Crippen LogP contribution in [0.1, 0.15) is 33.3 Å². The van der Waals surface area contributed by atoms with Gasteiger partial charge < -0.3 is 15.2 Å². The molecule has 0 radical (unpaired) electrons. The van der Waals surface area contributed by atoms with Gasteiger partial charge in [-0.15, -0.1) is 0 Å². The first-order chi connectivity index (χ1) is 8.15. The molecule has 1 rings (SSSR count). The molecule has 0 bridgehead atoms. The van der Waals surface area contributed by atoms with Crippen molar-refractivity contribution in [1.82, 2.24) is 5.32 Å². The highest BCUT2D eigenvalue weighted by Gasteiger charge is 2.28. The van der Waals surface area contributed by atoms with Gasteiger partial charge in [0.25, 0.3) is 0 Å². The number of rotatable bonds is 4. The van der Waals surface area contributed by atoms with Crippen LogP contribution in [-0.4, -0.2) is 24.3 Å². The van der Waals surface area contributed by atoms with Crippen molar-refractivity contribution in [2.75, 3.05) is 13.7 Å². The van der Waals surface area contributed by atoms with Crippen LogP contribution in [0.4, 0.5) is 4.39 Å². The minimum Gasteiger partial charge on any atom is -0.497 e. The molecular formula is C14H22FNO2. The van der Waals surface area contributed by atoms with E-state index < -0.39 is 11.4 Å². The summed E-state index contributed by atoms with van der Waals surface area (Å²) >= 11 is 0. The van der Waals surface area contributed by atoms with Gasteiger partial charge in [0.2, 0.25) is 0 Å². The third kappa shape index (κ3) is 3.96. The molecule has 0 aliphatic carbocycles. The average Bonchev–Trinajstić information content (AvgIpc) is 2.25. The maximum Gasteiger partial charge on any atom is 0.133 e. The van der Waals surface area contributed by atoms with Crippen molar-refractivity contribution >= 4 is 0 Å². The predicted octanol–water partition coefficient (Wildman–Crippen LogP) is 2.43. The van der Waals surface area contributed by atoms with E-state index in [4.69, 9.17) is 4.74 Å². The van der Waals surface area contributed by atoms with Gasteiger partial charge in [-0.3, -0.25) is 0 Å². The zero-order valence-electron chi connectivity index (χ0n) is 11.7. The van der Waals surface area contributed by atoms with Crippen LogP contribution < -0.4 is 10.1 Å². The number of aliphatic hydroxyl groups is 1. The second-order valence-electron chi connectivity index (χ2n) is 5.72. The Hall–Kier alpha value is -1.13. The number of benzene rings is 1. The van der Waals surface area contributed by atoms with E-state index in [0.717, 1.165) is 0 Å². The minimum absolute atomic E-state index is 0.132. The Morgan fingerprint density at radius 2 is 1.89 bits per heavy atom. The maximum absolute atomic E-state index is 13.9. The van der Waals surface area contributed by atoms with Gasteiger partial charge in [0.1, 0.15) is 17.2 Å². The normalized spacial score (nSPS) is 15.3. The molecule has 3 nitrogen and oxygen atoms in total. The number of β-amino-alcohol motifs (C(OH)–C–C–N with tert-alkyl or cyclic N) is 1. The number of nitrogens with one attached hydrogen (secondary N) is 1. The molecule has 0 aromatic heterocycles. The Bertz CT molecular complexity index is 411. The van der Waals surface area contributed by atoms with Gasteiger partial charge in [0, 0.05) is 23.7 Å². The fraction of sp³-hybridized carbons (Fsp3) is 0.571. The zero-order valence-corrected chi connectivity index (χ0v) is 11.7. The van der Waals surface area contributed by atoms with Gasteiger partial charge >= 0.3 is 0 Å². The van der Waals surface area contributed by atoms with Gasteiger partial charge in [0.15, 0.2) is 0 Å². The Kier molecular flexibility index (Phi) is 4.35. The molecule has 0 heterocycles. The summed E-state index contributed by atoms with van der Waals surface area (Å²) in [6.07, 6.45) is 0. The highest BCUT2D eigenvalue weighted by Crippen LogP contribution is 2.26. The third-order valence-electron chi connectivity index (χ3n) is 2.72. The molecule has 0 aliphatic rings. The SMILES string of the molecule is COc1ccc(C(C)(O)CNC(C)(C)C)c(F)c1. The maximum atomic E-state index is 13.9. The van der Waals surface area contributed by atoms with Gasteiger partial charge in [-0.1, -0.05) is 0 Å². The molecule has 18 heavy (non-hydrogen) atoms. The fourth-order valence-corrected chi connectivity index (χ4v) is 1.59. The largest absolute Gasteiger partial charge is 0.497 e. The number of hydrogen-bond donors (Lipinski definition) is 2. The summed E-state index contributed by atoms with van der Waals surface area (Å²) in [5.74, 6) is -0.0223. The standard InChI is InChI=1S/C14H22FNO2/c1-13(2,3)16-9-14(4,17)11-7-6-10(18-5)8-12(11)15/h6-8,16-17H,9H2,1-5H3. The molecule has 1 aromatic carbocycles. The van der Waals surface area contributed by atoms with Crippen LogP contribution in [0, 0.1) is 5.82 Å². The minimum atomic E-state index is -1.26. The van der Waals surface area contributed by atoms with Crippen LogP contribution in [0.2, 0.25) is 0 Å². The monoisotopic (exact) mass is 255 g/mol. The molecule has 0 fully saturated rings. The summed E-state index contributed by atoms with van der Waals surface area (Å²) in [7, 11) is 1.48. The number of ether oxygens (including phenoxy) is 1. The lowest BCUT2D eigenvalue weighted by molar-refractivity contribution is 0.0465. The Morgan fingerprint density at radius 3 is 2.33 bits per heavy atom. The molecule has 0 saturated heterocycles. The lowest BCUT2D eigenvalue weighted by atomic mass is 9.94. The molecule has 4 heteroatoms. The summed E-state index contributed by atoms with van der Waals surface area (Å²) in [6, 6.07) is 4.48. The predicted molar refractivity (Wildman–Crippen MR) is 70.3 cm³/mol. The van der Waals surface area contributed by atoms with E-state index in [9.17, 15) is 9.50 Å². The summed E-state index contributed by atoms with van der Waals surface area (Å²) in [6.45, 7) is 7.85. The van der Waals surface area contributed by atoms with E-state index in [1.807, 2.05) is 20.8 Å². The first kappa shape index (κ1) is 14.9. The molecule has 0 spiro atoms. The number of methoxy groups -OCH3 is 1. The lowest BCUT2D eigenvalue weighted by Crippen LogP contribution is -2.45. The smallest absolute Gasteiger partial charge is 0.133 e. The van der Waals surface area contributed by atoms with Crippen molar-refractivity contribution in [3.05, 3.63) is 29.6 Å². The van der Waals surface area contributed by atoms with E-state index in [1.54, 1.807) is 19.1 Å². The zero-order chi connectivity index (χ0) is 14.0. The lowest BCUT2D eigenvalue weighted by Gasteiger charge is -2.30. The van der Waals surface area contributed by atoms with Crippen LogP contribution in [0.3, 0.4) is 0 Å². The first-order valence-corrected chi connectivity index (χ1v) is 5.97. The molecule has 1 aromatic rings. The van der Waals surface area contributed by atoms with Crippen LogP contribution in [0.25, 0.3) is 0 Å². The molecule has 102 valence electrons. The molecule has 1 unspecified atom stereocenters. The van der Waals surface area contributed by atoms with Crippen LogP contribution in [-0.2, 0) is 5.60 Å². The second kappa shape index (κ2) is 5.24. The summed E-state index contributed by atoms with van der Waals surface area (Å²) in [5, 5.41) is 13.5. The average molecular weight is 255 g/mol. The Balaban J connectivity index is 2.90. The van der Waals surface area contributed by atoms with E-state index in [-0.39, 0.29) is 17.6 Å². The molecular weight excluding hydrogens is 233 g/mol. The van der Waals surface area contributed by atoms with Gasteiger partial charge in [0.05, 0.1) is 7.11 Å². The van der Waals surface area contributed by atoms with Crippen molar-refractivity contribution in [1.29, 1.82) is 0 Å². The number of halogens is 1. The van der Waals surface area contributed by atoms with Crippen molar-refractivity contribution in [3.8, 4) is 5.75 Å². The highest BCUT2D eigenvalue weighted by molar-refractivity contribution is 5.32. The van der Waals surface area contributed by atoms with Gasteiger partial charge in [-0.05, 0) is 39.8 Å². The van der Waals surface area contributed by atoms with E-state index >= 15 is 0 Å². The molecule has 0 saturated carbocycles. The summed E-state index contributed by atoms with van der Waals surface area (Å²) in [5.41, 5.74) is -1.13. The van der Waals surface area contributed by atoms with Crippen molar-refractivity contribution < 1.29 is 14.2 Å². The van der Waals surface area contributed by atoms with E-state index in [2.05, 4.69) is 5.32 Å². The van der Waals surface area contributed by atoms with E-state index in [0.29, 0.717) is 5.75 Å². The van der Waals surface area contributed by atoms with E-state index in [1.165, 1.54) is 13.2 Å². The number of hydrogen-bond acceptors (Lipinski definition) is 3. The Morgan fingerprint density at radius 1 is 1.28 bits per heavy atom. The molecule has 2 N–H and O–H groups in total. The second-order valence-corrected chi connectivity index (χ2v) is 5.72. The third-order valence-corrected chi connectivity index (χ3v) is 2.72. The van der Waals surface area contributed by atoms with Gasteiger partial charge in [-0.2, -0.15) is 0 Å². The molecule has 0 aliphatic heterocycles. The highest BCUT2D eigenvalue weighted by atomic mass is 19.1. The van der Waals surface area contributed by atoms with Crippen molar-refractivity contribution in [2.45, 2.75) is 38.8 Å². The quantitative estimate of drug-likeness (QED) is 0.868. The van der Waals surface area contributed by atoms with Crippen molar-refractivity contribution in [2.24, 2.45) is 0 Å². The van der Waals surface area contributed by atoms with Crippen LogP contribution in [0.5, 0.6) is 5.75 Å². The topological polar surface area (TPSA) is 41.5 Å². The Labute approximate surface area is 108 Å². The fourth-order valence-electron chi connectivity index (χ4n) is 1.59. The molecule has 1 atom stereocenters.